The molecule has 0 saturated carbocycles. The minimum atomic E-state index is -4.01. The second-order valence-corrected chi connectivity index (χ2v) is 12.0. The maximum atomic E-state index is 14.0. The summed E-state index contributed by atoms with van der Waals surface area (Å²) in [6, 6.07) is 12.0. The van der Waals surface area contributed by atoms with Crippen molar-refractivity contribution in [2.75, 3.05) is 19.7 Å². The fourth-order valence-corrected chi connectivity index (χ4v) is 7.33. The smallest absolute Gasteiger partial charge is 0.247 e. The van der Waals surface area contributed by atoms with E-state index < -0.39 is 16.1 Å². The Morgan fingerprint density at radius 2 is 1.76 bits per heavy atom. The van der Waals surface area contributed by atoms with Crippen LogP contribution in [0.15, 0.2) is 51.8 Å². The number of carbonyl (C=O) groups excluding carboxylic acids is 1. The second-order valence-electron chi connectivity index (χ2n) is 9.25. The van der Waals surface area contributed by atoms with Gasteiger partial charge in [0, 0.05) is 24.1 Å². The Morgan fingerprint density at radius 1 is 1.09 bits per heavy atom. The highest BCUT2D eigenvalue weighted by Crippen LogP contribution is 2.36. The zero-order valence-electron chi connectivity index (χ0n) is 19.3. The maximum Gasteiger partial charge on any atom is 0.247 e. The van der Waals surface area contributed by atoms with Crippen molar-refractivity contribution < 1.29 is 17.9 Å². The zero-order chi connectivity index (χ0) is 23.8. The molecule has 0 radical (unpaired) electrons. The molecule has 1 amide bonds. The van der Waals surface area contributed by atoms with Crippen LogP contribution in [0.2, 0.25) is 0 Å². The molecule has 2 heterocycles. The molecular formula is C25H31BrN2O4S. The van der Waals surface area contributed by atoms with Gasteiger partial charge in [-0.1, -0.05) is 54.0 Å². The Labute approximate surface area is 205 Å². The summed E-state index contributed by atoms with van der Waals surface area (Å²) in [4.78, 5) is 15.7. The van der Waals surface area contributed by atoms with Gasteiger partial charge in [0.2, 0.25) is 15.9 Å². The summed E-state index contributed by atoms with van der Waals surface area (Å²) < 4.78 is 35.7. The summed E-state index contributed by atoms with van der Waals surface area (Å²) in [6.45, 7) is 7.95. The lowest BCUT2D eigenvalue weighted by Gasteiger charge is -2.41. The molecule has 0 unspecified atom stereocenters. The maximum absolute atomic E-state index is 14.0. The Balaban J connectivity index is 1.77. The predicted molar refractivity (Wildman–Crippen MR) is 131 cm³/mol. The molecule has 8 heteroatoms. The minimum absolute atomic E-state index is 0.0799. The van der Waals surface area contributed by atoms with E-state index in [0.717, 1.165) is 17.5 Å². The van der Waals surface area contributed by atoms with Crippen molar-refractivity contribution in [2.24, 2.45) is 11.8 Å². The SMILES string of the molecule is CCOc1ccc(Br)cc1S(=O)(=O)N1Cc2ccccc2C[C@@H]1C(=O)N1C[C@H](C)C[C@H](C)C1. The van der Waals surface area contributed by atoms with Crippen LogP contribution in [0.4, 0.5) is 0 Å². The first-order valence-electron chi connectivity index (χ1n) is 11.5. The first-order valence-corrected chi connectivity index (χ1v) is 13.7. The van der Waals surface area contributed by atoms with Crippen LogP contribution >= 0.6 is 15.9 Å². The average molecular weight is 536 g/mol. The highest BCUT2D eigenvalue weighted by Gasteiger charge is 2.43. The van der Waals surface area contributed by atoms with Crippen LogP contribution in [0.5, 0.6) is 5.75 Å². The summed E-state index contributed by atoms with van der Waals surface area (Å²) in [6.07, 6.45) is 1.44. The van der Waals surface area contributed by atoms with Crippen LogP contribution in [0.25, 0.3) is 0 Å². The van der Waals surface area contributed by atoms with Crippen molar-refractivity contribution in [2.45, 2.75) is 51.1 Å². The number of hydrogen-bond acceptors (Lipinski definition) is 4. The van der Waals surface area contributed by atoms with Gasteiger partial charge in [0.15, 0.2) is 0 Å². The quantitative estimate of drug-likeness (QED) is 0.567. The number of amides is 1. The number of rotatable bonds is 5. The molecule has 0 bridgehead atoms. The van der Waals surface area contributed by atoms with Crippen molar-refractivity contribution in [3.05, 3.63) is 58.1 Å². The van der Waals surface area contributed by atoms with Gasteiger partial charge in [0.25, 0.3) is 0 Å². The van der Waals surface area contributed by atoms with E-state index in [2.05, 4.69) is 29.8 Å². The second kappa shape index (κ2) is 9.76. The van der Waals surface area contributed by atoms with Crippen LogP contribution in [-0.4, -0.2) is 49.3 Å². The van der Waals surface area contributed by atoms with Crippen molar-refractivity contribution in [1.29, 1.82) is 0 Å². The van der Waals surface area contributed by atoms with Crippen molar-refractivity contribution >= 4 is 31.9 Å². The number of fused-ring (bicyclic) bond motifs is 1. The third-order valence-corrected chi connectivity index (χ3v) is 8.83. The fourth-order valence-electron chi connectivity index (χ4n) is 5.10. The normalized spacial score (nSPS) is 23.8. The Bertz CT molecular complexity index is 1130. The first kappa shape index (κ1) is 24.2. The highest BCUT2D eigenvalue weighted by molar-refractivity contribution is 9.10. The number of likely N-dealkylation sites (tertiary alicyclic amines) is 1. The Morgan fingerprint density at radius 3 is 2.42 bits per heavy atom. The number of piperidine rings is 1. The molecule has 2 aromatic rings. The van der Waals surface area contributed by atoms with E-state index in [1.807, 2.05) is 36.1 Å². The third-order valence-electron chi connectivity index (χ3n) is 6.46. The highest BCUT2D eigenvalue weighted by atomic mass is 79.9. The van der Waals surface area contributed by atoms with Crippen LogP contribution in [0.1, 0.15) is 38.3 Å². The molecule has 178 valence electrons. The molecule has 0 N–H and O–H groups in total. The fraction of sp³-hybridized carbons (Fsp3) is 0.480. The number of ether oxygens (including phenoxy) is 1. The topological polar surface area (TPSA) is 66.9 Å². The summed E-state index contributed by atoms with van der Waals surface area (Å²) in [5, 5.41) is 0. The van der Waals surface area contributed by atoms with Crippen LogP contribution in [0, 0.1) is 11.8 Å². The molecule has 1 fully saturated rings. The number of benzene rings is 2. The van der Waals surface area contributed by atoms with E-state index in [1.54, 1.807) is 18.2 Å². The number of sulfonamides is 1. The largest absolute Gasteiger partial charge is 0.492 e. The van der Waals surface area contributed by atoms with Gasteiger partial charge >= 0.3 is 0 Å². The molecule has 1 saturated heterocycles. The van der Waals surface area contributed by atoms with Gasteiger partial charge in [-0.15, -0.1) is 0 Å². The standard InChI is InChI=1S/C25H31BrN2O4S/c1-4-32-23-10-9-21(26)13-24(23)33(30,31)28-16-20-8-6-5-7-19(20)12-22(28)25(29)27-14-17(2)11-18(3)15-27/h5-10,13,17-18,22H,4,11-12,14-16H2,1-3H3/t17-,18+,22-/m1/s1. The van der Waals surface area contributed by atoms with Gasteiger partial charge in [-0.3, -0.25) is 4.79 Å². The lowest BCUT2D eigenvalue weighted by Crippen LogP contribution is -2.56. The van der Waals surface area contributed by atoms with E-state index in [4.69, 9.17) is 4.74 Å². The van der Waals surface area contributed by atoms with E-state index in [-0.39, 0.29) is 17.3 Å². The van der Waals surface area contributed by atoms with E-state index in [0.29, 0.717) is 48.2 Å². The number of carbonyl (C=O) groups is 1. The van der Waals surface area contributed by atoms with Crippen molar-refractivity contribution in [3.8, 4) is 5.75 Å². The van der Waals surface area contributed by atoms with Gasteiger partial charge in [0.1, 0.15) is 16.7 Å². The molecule has 0 aromatic heterocycles. The molecule has 2 aliphatic rings. The van der Waals surface area contributed by atoms with E-state index in [9.17, 15) is 13.2 Å². The van der Waals surface area contributed by atoms with Crippen molar-refractivity contribution in [1.82, 2.24) is 9.21 Å². The predicted octanol–water partition coefficient (Wildman–Crippen LogP) is 4.47. The first-order chi connectivity index (χ1) is 15.7. The number of hydrogen-bond donors (Lipinski definition) is 0. The number of halogens is 1. The molecule has 0 spiro atoms. The summed E-state index contributed by atoms with van der Waals surface area (Å²) in [5.41, 5.74) is 1.96. The average Bonchev–Trinajstić information content (AvgIpc) is 2.78. The van der Waals surface area contributed by atoms with E-state index in [1.165, 1.54) is 4.31 Å². The molecule has 33 heavy (non-hydrogen) atoms. The monoisotopic (exact) mass is 534 g/mol. The Hall–Kier alpha value is -1.90. The molecule has 3 atom stereocenters. The molecule has 4 rings (SSSR count). The molecular weight excluding hydrogens is 504 g/mol. The van der Waals surface area contributed by atoms with Gasteiger partial charge in [-0.05, 0) is 60.9 Å². The number of nitrogens with zero attached hydrogens (tertiary/aromatic N) is 2. The zero-order valence-corrected chi connectivity index (χ0v) is 21.7. The van der Waals surface area contributed by atoms with Crippen LogP contribution in [0.3, 0.4) is 0 Å². The van der Waals surface area contributed by atoms with Crippen LogP contribution < -0.4 is 4.74 Å². The molecule has 6 nitrogen and oxygen atoms in total. The van der Waals surface area contributed by atoms with Gasteiger partial charge in [-0.2, -0.15) is 4.31 Å². The van der Waals surface area contributed by atoms with Gasteiger partial charge in [-0.25, -0.2) is 8.42 Å². The van der Waals surface area contributed by atoms with Gasteiger partial charge in [0.05, 0.1) is 6.61 Å². The Kier molecular flexibility index (Phi) is 7.17. The summed E-state index contributed by atoms with van der Waals surface area (Å²) in [5.74, 6) is 0.979. The van der Waals surface area contributed by atoms with Crippen molar-refractivity contribution in [3.63, 3.8) is 0 Å². The van der Waals surface area contributed by atoms with Gasteiger partial charge < -0.3 is 9.64 Å². The van der Waals surface area contributed by atoms with E-state index >= 15 is 0 Å². The lowest BCUT2D eigenvalue weighted by atomic mass is 9.90. The molecule has 2 aromatic carbocycles. The summed E-state index contributed by atoms with van der Waals surface area (Å²) >= 11 is 3.40. The third kappa shape index (κ3) is 4.98. The molecule has 0 aliphatic carbocycles. The molecule has 2 aliphatic heterocycles. The summed E-state index contributed by atoms with van der Waals surface area (Å²) in [7, 11) is -4.01. The minimum Gasteiger partial charge on any atom is -0.492 e. The lowest BCUT2D eigenvalue weighted by molar-refractivity contribution is -0.138. The van der Waals surface area contributed by atoms with Crippen LogP contribution in [-0.2, 0) is 27.8 Å².